The summed E-state index contributed by atoms with van der Waals surface area (Å²) in [4.78, 5) is 4.93. The monoisotopic (exact) mass is 244 g/mol. The molecule has 1 rings (SSSR count). The van der Waals surface area contributed by atoms with Crippen LogP contribution in [0.5, 0.6) is 0 Å². The highest BCUT2D eigenvalue weighted by atomic mass is 79.9. The molecule has 1 unspecified atom stereocenters. The van der Waals surface area contributed by atoms with Crippen molar-refractivity contribution in [2.75, 3.05) is 0 Å². The molecule has 0 saturated heterocycles. The predicted molar refractivity (Wildman–Crippen MR) is 59.2 cm³/mol. The van der Waals surface area contributed by atoms with Gasteiger partial charge in [0.15, 0.2) is 0 Å². The Morgan fingerprint density at radius 3 is 3.00 bits per heavy atom. The fraction of sp³-hybridized carbons (Fsp3) is 0.700. The molecule has 0 saturated carbocycles. The summed E-state index contributed by atoms with van der Waals surface area (Å²) in [5, 5.41) is 0. The maximum absolute atomic E-state index is 4.35. The average molecular weight is 245 g/mol. The van der Waals surface area contributed by atoms with Crippen LogP contribution in [0.4, 0.5) is 0 Å². The molecule has 2 nitrogen and oxygen atoms in total. The Labute approximate surface area is 88.5 Å². The van der Waals surface area contributed by atoms with Gasteiger partial charge >= 0.3 is 0 Å². The highest BCUT2D eigenvalue weighted by Gasteiger charge is 2.03. The summed E-state index contributed by atoms with van der Waals surface area (Å²) < 4.78 is 2.25. The van der Waals surface area contributed by atoms with Crippen molar-refractivity contribution in [3.8, 4) is 0 Å². The van der Waals surface area contributed by atoms with Gasteiger partial charge in [-0.25, -0.2) is 4.98 Å². The number of rotatable bonds is 5. The first-order chi connectivity index (χ1) is 6.24. The van der Waals surface area contributed by atoms with Crippen LogP contribution in [0.25, 0.3) is 0 Å². The number of hydrogen-bond donors (Lipinski definition) is 0. The van der Waals surface area contributed by atoms with Gasteiger partial charge in [0, 0.05) is 30.2 Å². The molecule has 0 aliphatic heterocycles. The maximum Gasteiger partial charge on any atom is 0.108 e. The SMILES string of the molecule is CCCn1ccnc1CCC(C)Br. The quantitative estimate of drug-likeness (QED) is 0.729. The van der Waals surface area contributed by atoms with Crippen LogP contribution in [0.3, 0.4) is 0 Å². The molecule has 0 aromatic carbocycles. The lowest BCUT2D eigenvalue weighted by molar-refractivity contribution is 0.623. The van der Waals surface area contributed by atoms with Crippen molar-refractivity contribution >= 4 is 15.9 Å². The highest BCUT2D eigenvalue weighted by Crippen LogP contribution is 2.09. The molecule has 1 aromatic heterocycles. The first kappa shape index (κ1) is 10.8. The molecule has 1 heterocycles. The van der Waals surface area contributed by atoms with E-state index < -0.39 is 0 Å². The van der Waals surface area contributed by atoms with Crippen LogP contribution in [-0.2, 0) is 13.0 Å². The molecule has 0 bridgehead atoms. The largest absolute Gasteiger partial charge is 0.335 e. The van der Waals surface area contributed by atoms with E-state index in [1.165, 1.54) is 12.2 Å². The lowest BCUT2D eigenvalue weighted by Crippen LogP contribution is -2.04. The molecule has 0 fully saturated rings. The van der Waals surface area contributed by atoms with Gasteiger partial charge in [0.05, 0.1) is 0 Å². The van der Waals surface area contributed by atoms with Crippen molar-refractivity contribution in [3.05, 3.63) is 18.2 Å². The number of halogens is 1. The normalized spacial score (nSPS) is 13.2. The minimum Gasteiger partial charge on any atom is -0.335 e. The van der Waals surface area contributed by atoms with Crippen LogP contribution >= 0.6 is 15.9 Å². The van der Waals surface area contributed by atoms with E-state index in [4.69, 9.17) is 0 Å². The molecule has 0 N–H and O–H groups in total. The summed E-state index contributed by atoms with van der Waals surface area (Å²) in [6, 6.07) is 0. The Hall–Kier alpha value is -0.310. The van der Waals surface area contributed by atoms with E-state index in [1.807, 2.05) is 6.20 Å². The number of imidazole rings is 1. The van der Waals surface area contributed by atoms with Crippen LogP contribution in [0, 0.1) is 0 Å². The summed E-state index contributed by atoms with van der Waals surface area (Å²) in [5.41, 5.74) is 0. The number of aryl methyl sites for hydroxylation is 2. The molecule has 0 radical (unpaired) electrons. The molecule has 3 heteroatoms. The standard InChI is InChI=1S/C10H17BrN2/c1-3-7-13-8-6-12-10(13)5-4-9(2)11/h6,8-9H,3-5,7H2,1-2H3. The lowest BCUT2D eigenvalue weighted by atomic mass is 10.2. The Balaban J connectivity index is 2.49. The van der Waals surface area contributed by atoms with Crippen LogP contribution in [0.1, 0.15) is 32.5 Å². The third-order valence-corrected chi connectivity index (χ3v) is 2.49. The minimum absolute atomic E-state index is 0.583. The molecule has 0 aliphatic carbocycles. The fourth-order valence-electron chi connectivity index (χ4n) is 1.34. The van der Waals surface area contributed by atoms with Crippen LogP contribution in [-0.4, -0.2) is 14.4 Å². The zero-order chi connectivity index (χ0) is 9.68. The molecular weight excluding hydrogens is 228 g/mol. The second kappa shape index (κ2) is 5.43. The molecule has 1 aromatic rings. The van der Waals surface area contributed by atoms with E-state index in [2.05, 4.69) is 45.5 Å². The van der Waals surface area contributed by atoms with Crippen molar-refractivity contribution in [2.45, 2.75) is 44.5 Å². The van der Waals surface area contributed by atoms with E-state index in [0.29, 0.717) is 4.83 Å². The van der Waals surface area contributed by atoms with Gasteiger partial charge in [-0.3, -0.25) is 0 Å². The smallest absolute Gasteiger partial charge is 0.108 e. The molecule has 13 heavy (non-hydrogen) atoms. The number of hydrogen-bond acceptors (Lipinski definition) is 1. The highest BCUT2D eigenvalue weighted by molar-refractivity contribution is 9.09. The number of alkyl halides is 1. The van der Waals surface area contributed by atoms with E-state index in [9.17, 15) is 0 Å². The van der Waals surface area contributed by atoms with E-state index in [1.54, 1.807) is 0 Å². The summed E-state index contributed by atoms with van der Waals surface area (Å²) in [6.45, 7) is 5.45. The van der Waals surface area contributed by atoms with Crippen molar-refractivity contribution in [2.24, 2.45) is 0 Å². The van der Waals surface area contributed by atoms with Gasteiger partial charge in [-0.15, -0.1) is 0 Å². The van der Waals surface area contributed by atoms with Crippen molar-refractivity contribution < 1.29 is 0 Å². The summed E-state index contributed by atoms with van der Waals surface area (Å²) in [6.07, 6.45) is 7.36. The van der Waals surface area contributed by atoms with Gasteiger partial charge in [-0.1, -0.05) is 29.8 Å². The Bertz CT molecular complexity index is 243. The topological polar surface area (TPSA) is 17.8 Å². The van der Waals surface area contributed by atoms with Gasteiger partial charge in [0.25, 0.3) is 0 Å². The second-order valence-corrected chi connectivity index (χ2v) is 4.92. The van der Waals surface area contributed by atoms with Gasteiger partial charge in [-0.05, 0) is 12.8 Å². The van der Waals surface area contributed by atoms with Crippen LogP contribution in [0.15, 0.2) is 12.4 Å². The van der Waals surface area contributed by atoms with Crippen LogP contribution < -0.4 is 0 Å². The van der Waals surface area contributed by atoms with Gasteiger partial charge in [0.2, 0.25) is 0 Å². The summed E-state index contributed by atoms with van der Waals surface area (Å²) >= 11 is 3.55. The lowest BCUT2D eigenvalue weighted by Gasteiger charge is -2.06. The van der Waals surface area contributed by atoms with E-state index in [0.717, 1.165) is 19.4 Å². The molecule has 1 atom stereocenters. The third kappa shape index (κ3) is 3.51. The van der Waals surface area contributed by atoms with Crippen molar-refractivity contribution in [3.63, 3.8) is 0 Å². The first-order valence-corrected chi connectivity index (χ1v) is 5.79. The van der Waals surface area contributed by atoms with Crippen LogP contribution in [0.2, 0.25) is 0 Å². The molecule has 0 aliphatic rings. The van der Waals surface area contributed by atoms with E-state index >= 15 is 0 Å². The third-order valence-electron chi connectivity index (χ3n) is 2.03. The second-order valence-electron chi connectivity index (χ2n) is 3.36. The van der Waals surface area contributed by atoms with Gasteiger partial charge in [-0.2, -0.15) is 0 Å². The summed E-state index contributed by atoms with van der Waals surface area (Å²) in [7, 11) is 0. The zero-order valence-corrected chi connectivity index (χ0v) is 9.92. The zero-order valence-electron chi connectivity index (χ0n) is 8.33. The van der Waals surface area contributed by atoms with E-state index in [-0.39, 0.29) is 0 Å². The maximum atomic E-state index is 4.35. The molecular formula is C10H17BrN2. The first-order valence-electron chi connectivity index (χ1n) is 4.88. The summed E-state index contributed by atoms with van der Waals surface area (Å²) in [5.74, 6) is 1.22. The fourth-order valence-corrected chi connectivity index (χ4v) is 1.57. The predicted octanol–water partition coefficient (Wildman–Crippen LogP) is 3.01. The van der Waals surface area contributed by atoms with Gasteiger partial charge < -0.3 is 4.57 Å². The number of nitrogens with zero attached hydrogens (tertiary/aromatic N) is 2. The Kier molecular flexibility index (Phi) is 4.50. The number of aromatic nitrogens is 2. The minimum atomic E-state index is 0.583. The molecule has 0 spiro atoms. The molecule has 74 valence electrons. The van der Waals surface area contributed by atoms with Gasteiger partial charge in [0.1, 0.15) is 5.82 Å². The Morgan fingerprint density at radius 2 is 2.38 bits per heavy atom. The molecule has 0 amide bonds. The van der Waals surface area contributed by atoms with Crippen molar-refractivity contribution in [1.82, 2.24) is 9.55 Å². The van der Waals surface area contributed by atoms with Crippen molar-refractivity contribution in [1.29, 1.82) is 0 Å². The Morgan fingerprint density at radius 1 is 1.62 bits per heavy atom. The average Bonchev–Trinajstić information content (AvgIpc) is 2.49.